The highest BCUT2D eigenvalue weighted by Gasteiger charge is 2.33. The molecule has 0 aliphatic heterocycles. The number of hydrogen-bond donors (Lipinski definition) is 1. The van der Waals surface area contributed by atoms with Crippen molar-refractivity contribution in [3.63, 3.8) is 0 Å². The van der Waals surface area contributed by atoms with Gasteiger partial charge in [-0.3, -0.25) is 0 Å². The van der Waals surface area contributed by atoms with Crippen LogP contribution in [0.4, 0.5) is 4.39 Å². The predicted octanol–water partition coefficient (Wildman–Crippen LogP) is 1.22. The zero-order chi connectivity index (χ0) is 13.3. The molecule has 0 saturated heterocycles. The first kappa shape index (κ1) is 13.5. The normalized spacial score (nSPS) is 18.0. The summed E-state index contributed by atoms with van der Waals surface area (Å²) >= 11 is 0. The molecule has 1 N–H and O–H groups in total. The molecule has 6 heteroatoms. The highest BCUT2D eigenvalue weighted by atomic mass is 32.2. The first-order valence-corrected chi connectivity index (χ1v) is 7.26. The van der Waals surface area contributed by atoms with Gasteiger partial charge in [-0.2, -0.15) is 4.31 Å². The Kier molecular flexibility index (Phi) is 3.70. The fourth-order valence-electron chi connectivity index (χ4n) is 1.81. The van der Waals surface area contributed by atoms with Gasteiger partial charge in [0.15, 0.2) is 0 Å². The Balaban J connectivity index is 2.17. The van der Waals surface area contributed by atoms with Crippen LogP contribution in [0.25, 0.3) is 0 Å². The highest BCUT2D eigenvalue weighted by Crippen LogP contribution is 2.33. The van der Waals surface area contributed by atoms with E-state index in [9.17, 15) is 17.9 Å². The second-order valence-electron chi connectivity index (χ2n) is 4.62. The molecule has 1 atom stereocenters. The molecule has 100 valence electrons. The summed E-state index contributed by atoms with van der Waals surface area (Å²) in [7, 11) is -2.52. The highest BCUT2D eigenvalue weighted by molar-refractivity contribution is 7.89. The lowest BCUT2D eigenvalue weighted by atomic mass is 10.2. The summed E-state index contributed by atoms with van der Waals surface area (Å²) in [6.45, 7) is 0.00132. The van der Waals surface area contributed by atoms with E-state index in [1.807, 2.05) is 0 Å². The molecule has 1 saturated carbocycles. The molecule has 0 heterocycles. The standard InChI is InChI=1S/C12H16FNO3S/c1-14(8-11(15)9-6-7-9)18(16,17)12-5-3-2-4-10(12)13/h2-5,9,11,15H,6-8H2,1H3/t11-/m0/s1. The maximum atomic E-state index is 13.5. The first-order chi connectivity index (χ1) is 8.43. The number of sulfonamides is 1. The lowest BCUT2D eigenvalue weighted by molar-refractivity contribution is 0.131. The fourth-order valence-corrected chi connectivity index (χ4v) is 3.06. The second-order valence-corrected chi connectivity index (χ2v) is 6.63. The minimum atomic E-state index is -3.87. The number of aliphatic hydroxyl groups excluding tert-OH is 1. The molecular weight excluding hydrogens is 257 g/mol. The summed E-state index contributed by atoms with van der Waals surface area (Å²) in [5, 5.41) is 9.74. The second kappa shape index (κ2) is 4.95. The molecule has 18 heavy (non-hydrogen) atoms. The summed E-state index contributed by atoms with van der Waals surface area (Å²) in [5.74, 6) is -0.589. The number of likely N-dealkylation sites (N-methyl/N-ethyl adjacent to an activating group) is 1. The molecule has 0 amide bonds. The van der Waals surface area contributed by atoms with Crippen LogP contribution in [0.15, 0.2) is 29.2 Å². The Bertz CT molecular complexity index is 528. The Labute approximate surface area is 106 Å². The van der Waals surface area contributed by atoms with E-state index in [2.05, 4.69) is 0 Å². The van der Waals surface area contributed by atoms with Crippen molar-refractivity contribution in [2.24, 2.45) is 5.92 Å². The quantitative estimate of drug-likeness (QED) is 0.877. The van der Waals surface area contributed by atoms with Gasteiger partial charge in [-0.15, -0.1) is 0 Å². The molecular formula is C12H16FNO3S. The molecule has 1 aliphatic rings. The molecule has 0 spiro atoms. The SMILES string of the molecule is CN(C[C@H](O)C1CC1)S(=O)(=O)c1ccccc1F. The van der Waals surface area contributed by atoms with E-state index in [0.717, 1.165) is 23.2 Å². The van der Waals surface area contributed by atoms with Gasteiger partial charge in [0, 0.05) is 13.6 Å². The largest absolute Gasteiger partial charge is 0.391 e. The van der Waals surface area contributed by atoms with E-state index in [1.165, 1.54) is 25.2 Å². The minimum Gasteiger partial charge on any atom is -0.391 e. The monoisotopic (exact) mass is 273 g/mol. The number of rotatable bonds is 5. The van der Waals surface area contributed by atoms with E-state index < -0.39 is 21.9 Å². The number of aliphatic hydroxyl groups is 1. The maximum absolute atomic E-state index is 13.5. The molecule has 1 aliphatic carbocycles. The Morgan fingerprint density at radius 2 is 2.06 bits per heavy atom. The van der Waals surface area contributed by atoms with Crippen molar-refractivity contribution < 1.29 is 17.9 Å². The number of halogens is 1. The lowest BCUT2D eigenvalue weighted by Crippen LogP contribution is -2.35. The van der Waals surface area contributed by atoms with Crippen LogP contribution in [0.1, 0.15) is 12.8 Å². The van der Waals surface area contributed by atoms with Gasteiger partial charge in [0.1, 0.15) is 10.7 Å². The molecule has 0 unspecified atom stereocenters. The van der Waals surface area contributed by atoms with Crippen molar-refractivity contribution in [1.82, 2.24) is 4.31 Å². The number of hydrogen-bond acceptors (Lipinski definition) is 3. The van der Waals surface area contributed by atoms with Gasteiger partial charge in [-0.1, -0.05) is 12.1 Å². The van der Waals surface area contributed by atoms with Gasteiger partial charge in [-0.05, 0) is 30.9 Å². The summed E-state index contributed by atoms with van der Waals surface area (Å²) in [4.78, 5) is -0.351. The summed E-state index contributed by atoms with van der Waals surface area (Å²) in [5.41, 5.74) is 0. The third-order valence-corrected chi connectivity index (χ3v) is 4.99. The average Bonchev–Trinajstić information content (AvgIpc) is 3.12. The third kappa shape index (κ3) is 2.71. The van der Waals surface area contributed by atoms with Crippen molar-refractivity contribution in [1.29, 1.82) is 0 Å². The van der Waals surface area contributed by atoms with Crippen LogP contribution in [0, 0.1) is 11.7 Å². The van der Waals surface area contributed by atoms with Crippen LogP contribution in [-0.2, 0) is 10.0 Å². The van der Waals surface area contributed by atoms with E-state index in [1.54, 1.807) is 0 Å². The van der Waals surface area contributed by atoms with Gasteiger partial charge < -0.3 is 5.11 Å². The van der Waals surface area contributed by atoms with Gasteiger partial charge in [0.2, 0.25) is 10.0 Å². The molecule has 1 fully saturated rings. The van der Waals surface area contributed by atoms with Crippen molar-refractivity contribution in [2.45, 2.75) is 23.8 Å². The molecule has 0 bridgehead atoms. The topological polar surface area (TPSA) is 57.6 Å². The van der Waals surface area contributed by atoms with Crippen LogP contribution in [-0.4, -0.2) is 37.5 Å². The smallest absolute Gasteiger partial charge is 0.245 e. The third-order valence-electron chi connectivity index (χ3n) is 3.14. The molecule has 0 aromatic heterocycles. The summed E-state index contributed by atoms with van der Waals surface area (Å²) in [6.07, 6.45) is 1.18. The Morgan fingerprint density at radius 1 is 1.44 bits per heavy atom. The van der Waals surface area contributed by atoms with Crippen molar-refractivity contribution in [2.75, 3.05) is 13.6 Å². The van der Waals surface area contributed by atoms with Gasteiger partial charge in [-0.25, -0.2) is 12.8 Å². The van der Waals surface area contributed by atoms with E-state index in [0.29, 0.717) is 0 Å². The van der Waals surface area contributed by atoms with Crippen molar-refractivity contribution in [3.8, 4) is 0 Å². The van der Waals surface area contributed by atoms with Gasteiger partial charge in [0.05, 0.1) is 6.10 Å². The van der Waals surface area contributed by atoms with Crippen LogP contribution in [0.5, 0.6) is 0 Å². The first-order valence-electron chi connectivity index (χ1n) is 5.82. The van der Waals surface area contributed by atoms with Crippen molar-refractivity contribution in [3.05, 3.63) is 30.1 Å². The van der Waals surface area contributed by atoms with Gasteiger partial charge in [0.25, 0.3) is 0 Å². The molecule has 1 aromatic rings. The summed E-state index contributed by atoms with van der Waals surface area (Å²) in [6, 6.07) is 5.25. The fraction of sp³-hybridized carbons (Fsp3) is 0.500. The van der Waals surface area contributed by atoms with Crippen LogP contribution in [0.2, 0.25) is 0 Å². The number of benzene rings is 1. The maximum Gasteiger partial charge on any atom is 0.245 e. The van der Waals surface area contributed by atoms with Gasteiger partial charge >= 0.3 is 0 Å². The van der Waals surface area contributed by atoms with Crippen LogP contribution >= 0.6 is 0 Å². The minimum absolute atomic E-state index is 0.00132. The van der Waals surface area contributed by atoms with Crippen molar-refractivity contribution >= 4 is 10.0 Å². The molecule has 2 rings (SSSR count). The van der Waals surface area contributed by atoms with Crippen LogP contribution in [0.3, 0.4) is 0 Å². The van der Waals surface area contributed by atoms with Crippen LogP contribution < -0.4 is 0 Å². The molecule has 4 nitrogen and oxygen atoms in total. The molecule has 1 aromatic carbocycles. The van der Waals surface area contributed by atoms with E-state index in [4.69, 9.17) is 0 Å². The van der Waals surface area contributed by atoms with E-state index in [-0.39, 0.29) is 17.4 Å². The predicted molar refractivity (Wildman–Crippen MR) is 64.9 cm³/mol. The summed E-state index contributed by atoms with van der Waals surface area (Å²) < 4.78 is 38.7. The Hall–Kier alpha value is -0.980. The zero-order valence-corrected chi connectivity index (χ0v) is 10.9. The van der Waals surface area contributed by atoms with E-state index >= 15 is 0 Å². The Morgan fingerprint density at radius 3 is 2.61 bits per heavy atom. The zero-order valence-electron chi connectivity index (χ0n) is 10.1. The molecule has 0 radical (unpaired) electrons. The number of nitrogens with zero attached hydrogens (tertiary/aromatic N) is 1. The average molecular weight is 273 g/mol. The lowest BCUT2D eigenvalue weighted by Gasteiger charge is -2.20.